The molecule has 1 heterocycles. The molecule has 0 bridgehead atoms. The molecular weight excluding hydrogens is 285 g/mol. The van der Waals surface area contributed by atoms with Crippen molar-refractivity contribution in [2.24, 2.45) is 11.7 Å². The van der Waals surface area contributed by atoms with Crippen molar-refractivity contribution < 1.29 is 4.52 Å². The first kappa shape index (κ1) is 14.3. The van der Waals surface area contributed by atoms with E-state index in [1.807, 2.05) is 6.92 Å². The van der Waals surface area contributed by atoms with E-state index in [-0.39, 0.29) is 0 Å². The molecule has 0 aliphatic heterocycles. The maximum absolute atomic E-state index is 6.11. The minimum Gasteiger partial charge on any atom is -0.339 e. The van der Waals surface area contributed by atoms with Gasteiger partial charge in [-0.3, -0.25) is 0 Å². The number of rotatable bonds is 5. The Kier molecular flexibility index (Phi) is 4.80. The Hall–Kier alpha value is -1.10. The van der Waals surface area contributed by atoms with Gasteiger partial charge < -0.3 is 10.3 Å². The molecular formula is C13H15Cl2N3O. The van der Waals surface area contributed by atoms with Crippen molar-refractivity contribution in [1.82, 2.24) is 10.1 Å². The van der Waals surface area contributed by atoms with Crippen LogP contribution >= 0.6 is 23.2 Å². The predicted octanol–water partition coefficient (Wildman–Crippen LogP) is 3.10. The minimum atomic E-state index is 0.317. The van der Waals surface area contributed by atoms with Crippen LogP contribution in [0.25, 0.3) is 0 Å². The quantitative estimate of drug-likeness (QED) is 0.921. The van der Waals surface area contributed by atoms with Gasteiger partial charge in [-0.25, -0.2) is 0 Å². The molecule has 0 radical (unpaired) electrons. The summed E-state index contributed by atoms with van der Waals surface area (Å²) in [5.41, 5.74) is 6.38. The number of hydrogen-bond donors (Lipinski definition) is 1. The fourth-order valence-electron chi connectivity index (χ4n) is 1.69. The topological polar surface area (TPSA) is 64.9 Å². The molecule has 0 saturated carbocycles. The second kappa shape index (κ2) is 6.37. The summed E-state index contributed by atoms with van der Waals surface area (Å²) in [5, 5.41) is 5.15. The second-order valence-corrected chi connectivity index (χ2v) is 5.34. The Morgan fingerprint density at radius 1 is 1.32 bits per heavy atom. The standard InChI is InChI=1S/C13H15Cl2N3O/c1-8(7-16)5-13-17-12(18-19-13)6-9-10(14)3-2-4-11(9)15/h2-4,8H,5-7,16H2,1H3. The van der Waals surface area contributed by atoms with Crippen molar-refractivity contribution in [1.29, 1.82) is 0 Å². The van der Waals surface area contributed by atoms with Gasteiger partial charge in [0.1, 0.15) is 0 Å². The Bertz CT molecular complexity index is 536. The lowest BCUT2D eigenvalue weighted by atomic mass is 10.1. The van der Waals surface area contributed by atoms with Crippen LogP contribution in [0.15, 0.2) is 22.7 Å². The van der Waals surface area contributed by atoms with E-state index in [0.717, 1.165) is 5.56 Å². The van der Waals surface area contributed by atoms with Gasteiger partial charge in [0, 0.05) is 22.9 Å². The van der Waals surface area contributed by atoms with E-state index in [9.17, 15) is 0 Å². The number of nitrogens with two attached hydrogens (primary N) is 1. The summed E-state index contributed by atoms with van der Waals surface area (Å²) in [6, 6.07) is 5.39. The highest BCUT2D eigenvalue weighted by atomic mass is 35.5. The lowest BCUT2D eigenvalue weighted by molar-refractivity contribution is 0.356. The molecule has 4 nitrogen and oxygen atoms in total. The number of halogens is 2. The number of hydrogen-bond acceptors (Lipinski definition) is 4. The Morgan fingerprint density at radius 2 is 2.00 bits per heavy atom. The Balaban J connectivity index is 2.12. The Labute approximate surface area is 121 Å². The molecule has 0 spiro atoms. The molecule has 0 fully saturated rings. The van der Waals surface area contributed by atoms with E-state index in [2.05, 4.69) is 10.1 Å². The van der Waals surface area contributed by atoms with Crippen LogP contribution in [0.5, 0.6) is 0 Å². The van der Waals surface area contributed by atoms with Gasteiger partial charge in [-0.2, -0.15) is 4.98 Å². The normalized spacial score (nSPS) is 12.6. The van der Waals surface area contributed by atoms with Crippen molar-refractivity contribution in [3.8, 4) is 0 Å². The van der Waals surface area contributed by atoms with E-state index in [0.29, 0.717) is 47.1 Å². The van der Waals surface area contributed by atoms with E-state index in [4.69, 9.17) is 33.5 Å². The number of aromatic nitrogens is 2. The number of nitrogens with zero attached hydrogens (tertiary/aromatic N) is 2. The van der Waals surface area contributed by atoms with Crippen molar-refractivity contribution in [3.05, 3.63) is 45.5 Å². The van der Waals surface area contributed by atoms with Crippen molar-refractivity contribution in [2.45, 2.75) is 19.8 Å². The van der Waals surface area contributed by atoms with Crippen LogP contribution in [0, 0.1) is 5.92 Å². The molecule has 2 rings (SSSR count). The molecule has 1 aromatic carbocycles. The molecule has 0 aliphatic carbocycles. The average Bonchev–Trinajstić information content (AvgIpc) is 2.81. The highest BCUT2D eigenvalue weighted by Gasteiger charge is 2.13. The van der Waals surface area contributed by atoms with E-state index in [1.165, 1.54) is 0 Å². The van der Waals surface area contributed by atoms with E-state index in [1.54, 1.807) is 18.2 Å². The zero-order chi connectivity index (χ0) is 13.8. The minimum absolute atomic E-state index is 0.317. The first-order chi connectivity index (χ1) is 9.10. The van der Waals surface area contributed by atoms with Crippen LogP contribution < -0.4 is 5.73 Å². The molecule has 1 unspecified atom stereocenters. The molecule has 102 valence electrons. The maximum Gasteiger partial charge on any atom is 0.226 e. The Morgan fingerprint density at radius 3 is 2.63 bits per heavy atom. The zero-order valence-corrected chi connectivity index (χ0v) is 12.1. The van der Waals surface area contributed by atoms with Gasteiger partial charge in [-0.15, -0.1) is 0 Å². The van der Waals surface area contributed by atoms with Crippen molar-refractivity contribution >= 4 is 23.2 Å². The molecule has 0 amide bonds. The summed E-state index contributed by atoms with van der Waals surface area (Å²) in [7, 11) is 0. The van der Waals surface area contributed by atoms with Crippen LogP contribution in [0.2, 0.25) is 10.0 Å². The summed E-state index contributed by atoms with van der Waals surface area (Å²) in [6.45, 7) is 2.63. The van der Waals surface area contributed by atoms with Gasteiger partial charge in [-0.1, -0.05) is 41.3 Å². The molecule has 2 N–H and O–H groups in total. The third kappa shape index (κ3) is 3.69. The van der Waals surface area contributed by atoms with Crippen molar-refractivity contribution in [3.63, 3.8) is 0 Å². The molecule has 0 saturated heterocycles. The van der Waals surface area contributed by atoms with Gasteiger partial charge in [-0.05, 0) is 30.2 Å². The first-order valence-corrected chi connectivity index (χ1v) is 6.80. The molecule has 1 aromatic heterocycles. The largest absolute Gasteiger partial charge is 0.339 e. The molecule has 2 aromatic rings. The fourth-order valence-corrected chi connectivity index (χ4v) is 2.22. The number of benzene rings is 1. The second-order valence-electron chi connectivity index (χ2n) is 4.53. The zero-order valence-electron chi connectivity index (χ0n) is 10.6. The third-order valence-corrected chi connectivity index (χ3v) is 3.54. The first-order valence-electron chi connectivity index (χ1n) is 6.04. The van der Waals surface area contributed by atoms with Crippen LogP contribution in [0.1, 0.15) is 24.2 Å². The van der Waals surface area contributed by atoms with Gasteiger partial charge in [0.05, 0.1) is 0 Å². The smallest absolute Gasteiger partial charge is 0.226 e. The van der Waals surface area contributed by atoms with Gasteiger partial charge in [0.2, 0.25) is 5.89 Å². The van der Waals surface area contributed by atoms with Crippen LogP contribution in [0.4, 0.5) is 0 Å². The third-order valence-electron chi connectivity index (χ3n) is 2.83. The predicted molar refractivity (Wildman–Crippen MR) is 75.5 cm³/mol. The fraction of sp³-hybridized carbons (Fsp3) is 0.385. The van der Waals surface area contributed by atoms with E-state index < -0.39 is 0 Å². The lowest BCUT2D eigenvalue weighted by Gasteiger charge is -2.03. The maximum atomic E-state index is 6.11. The molecule has 19 heavy (non-hydrogen) atoms. The van der Waals surface area contributed by atoms with Gasteiger partial charge in [0.25, 0.3) is 0 Å². The van der Waals surface area contributed by atoms with Gasteiger partial charge in [0.15, 0.2) is 5.82 Å². The molecule has 6 heteroatoms. The molecule has 1 atom stereocenters. The average molecular weight is 300 g/mol. The van der Waals surface area contributed by atoms with Gasteiger partial charge >= 0.3 is 0 Å². The highest BCUT2D eigenvalue weighted by Crippen LogP contribution is 2.26. The summed E-state index contributed by atoms with van der Waals surface area (Å²) < 4.78 is 5.19. The van der Waals surface area contributed by atoms with Crippen LogP contribution in [-0.4, -0.2) is 16.7 Å². The summed E-state index contributed by atoms with van der Waals surface area (Å²) in [6.07, 6.45) is 1.14. The summed E-state index contributed by atoms with van der Waals surface area (Å²) in [4.78, 5) is 4.33. The molecule has 0 aliphatic rings. The van der Waals surface area contributed by atoms with Crippen LogP contribution in [0.3, 0.4) is 0 Å². The summed E-state index contributed by atoms with van der Waals surface area (Å²) >= 11 is 12.2. The van der Waals surface area contributed by atoms with Crippen molar-refractivity contribution in [2.75, 3.05) is 6.54 Å². The van der Waals surface area contributed by atoms with Crippen LogP contribution in [-0.2, 0) is 12.8 Å². The van der Waals surface area contributed by atoms with E-state index >= 15 is 0 Å². The summed E-state index contributed by atoms with van der Waals surface area (Å²) in [5.74, 6) is 1.49. The highest BCUT2D eigenvalue weighted by molar-refractivity contribution is 6.36. The SMILES string of the molecule is CC(CN)Cc1nc(Cc2c(Cl)cccc2Cl)no1. The lowest BCUT2D eigenvalue weighted by Crippen LogP contribution is -2.13. The monoisotopic (exact) mass is 299 g/mol.